The molecule has 4 heteroatoms. The fourth-order valence-corrected chi connectivity index (χ4v) is 2.60. The molecule has 1 aromatic heterocycles. The maximum absolute atomic E-state index is 12.2. The number of aliphatic hydroxyl groups excluding tert-OH is 1. The van der Waals surface area contributed by atoms with Gasteiger partial charge in [0.25, 0.3) is 5.91 Å². The zero-order valence-corrected chi connectivity index (χ0v) is 13.4. The number of pyridine rings is 1. The fourth-order valence-electron chi connectivity index (χ4n) is 2.60. The summed E-state index contributed by atoms with van der Waals surface area (Å²) in [5, 5.41) is 12.4. The van der Waals surface area contributed by atoms with Crippen LogP contribution in [0.5, 0.6) is 0 Å². The molecule has 0 saturated heterocycles. The Bertz CT molecular complexity index is 861. The number of amides is 1. The highest BCUT2D eigenvalue weighted by molar-refractivity contribution is 6.04. The van der Waals surface area contributed by atoms with Crippen LogP contribution in [0.25, 0.3) is 11.1 Å². The summed E-state index contributed by atoms with van der Waals surface area (Å²) in [6.07, 6.45) is 3.17. The first-order valence-electron chi connectivity index (χ1n) is 7.70. The third-order valence-electron chi connectivity index (χ3n) is 3.90. The number of nitrogens with one attached hydrogen (secondary N) is 1. The summed E-state index contributed by atoms with van der Waals surface area (Å²) in [6.45, 7) is 1.94. The van der Waals surface area contributed by atoms with Gasteiger partial charge in [0, 0.05) is 18.1 Å². The number of hydrogen-bond donors (Lipinski definition) is 2. The quantitative estimate of drug-likeness (QED) is 0.769. The number of aromatic nitrogens is 1. The van der Waals surface area contributed by atoms with Gasteiger partial charge >= 0.3 is 0 Å². The molecular weight excluding hydrogens is 300 g/mol. The van der Waals surface area contributed by atoms with Crippen LogP contribution in [0.15, 0.2) is 67.0 Å². The first-order chi connectivity index (χ1) is 11.7. The second-order valence-corrected chi connectivity index (χ2v) is 5.54. The van der Waals surface area contributed by atoms with E-state index in [9.17, 15) is 9.90 Å². The molecule has 2 N–H and O–H groups in total. The zero-order valence-electron chi connectivity index (χ0n) is 13.4. The highest BCUT2D eigenvalue weighted by Crippen LogP contribution is 2.28. The van der Waals surface area contributed by atoms with Gasteiger partial charge in [0.05, 0.1) is 12.2 Å². The van der Waals surface area contributed by atoms with Gasteiger partial charge in [-0.05, 0) is 53.4 Å². The molecule has 0 unspecified atom stereocenters. The molecule has 0 fully saturated rings. The number of hydrogen-bond acceptors (Lipinski definition) is 3. The normalized spacial score (nSPS) is 10.4. The van der Waals surface area contributed by atoms with Crippen molar-refractivity contribution in [1.82, 2.24) is 4.98 Å². The Labute approximate surface area is 140 Å². The van der Waals surface area contributed by atoms with E-state index in [1.54, 1.807) is 18.3 Å². The van der Waals surface area contributed by atoms with Gasteiger partial charge in [-0.25, -0.2) is 0 Å². The van der Waals surface area contributed by atoms with Crippen LogP contribution in [-0.2, 0) is 6.61 Å². The standard InChI is InChI=1S/C20H18N2O2/c1-14-11-15(18-7-3-2-5-17(18)13-23)8-9-19(14)22-20(24)16-6-4-10-21-12-16/h2-12,23H,13H2,1H3,(H,22,24). The summed E-state index contributed by atoms with van der Waals surface area (Å²) in [7, 11) is 0. The van der Waals surface area contributed by atoms with Gasteiger partial charge in [-0.15, -0.1) is 0 Å². The molecule has 0 aliphatic carbocycles. The largest absolute Gasteiger partial charge is 0.392 e. The van der Waals surface area contributed by atoms with E-state index in [4.69, 9.17) is 0 Å². The van der Waals surface area contributed by atoms with Crippen molar-refractivity contribution in [3.05, 3.63) is 83.7 Å². The molecule has 0 atom stereocenters. The maximum Gasteiger partial charge on any atom is 0.257 e. The zero-order chi connectivity index (χ0) is 16.9. The highest BCUT2D eigenvalue weighted by Gasteiger charge is 2.10. The summed E-state index contributed by atoms with van der Waals surface area (Å²) in [4.78, 5) is 16.2. The molecule has 1 amide bonds. The molecule has 1 heterocycles. The lowest BCUT2D eigenvalue weighted by atomic mass is 9.98. The van der Waals surface area contributed by atoms with Crippen LogP contribution in [0.1, 0.15) is 21.5 Å². The average molecular weight is 318 g/mol. The SMILES string of the molecule is Cc1cc(-c2ccccc2CO)ccc1NC(=O)c1cccnc1. The van der Waals surface area contributed by atoms with Crippen LogP contribution < -0.4 is 5.32 Å². The topological polar surface area (TPSA) is 62.2 Å². The highest BCUT2D eigenvalue weighted by atomic mass is 16.3. The Morgan fingerprint density at radius 2 is 1.96 bits per heavy atom. The molecule has 0 saturated carbocycles. The third-order valence-corrected chi connectivity index (χ3v) is 3.90. The Morgan fingerprint density at radius 3 is 2.67 bits per heavy atom. The number of carbonyl (C=O) groups is 1. The molecule has 24 heavy (non-hydrogen) atoms. The van der Waals surface area contributed by atoms with Crippen molar-refractivity contribution in [2.45, 2.75) is 13.5 Å². The number of aryl methyl sites for hydroxylation is 1. The van der Waals surface area contributed by atoms with Gasteiger partial charge in [-0.1, -0.05) is 30.3 Å². The lowest BCUT2D eigenvalue weighted by Gasteiger charge is -2.12. The van der Waals surface area contributed by atoms with Crippen molar-refractivity contribution in [3.8, 4) is 11.1 Å². The maximum atomic E-state index is 12.2. The number of benzene rings is 2. The summed E-state index contributed by atoms with van der Waals surface area (Å²) in [5.74, 6) is -0.185. The second-order valence-electron chi connectivity index (χ2n) is 5.54. The number of aliphatic hydroxyl groups is 1. The summed E-state index contributed by atoms with van der Waals surface area (Å²) < 4.78 is 0. The second kappa shape index (κ2) is 7.06. The lowest BCUT2D eigenvalue weighted by molar-refractivity contribution is 0.102. The molecule has 0 aliphatic rings. The Balaban J connectivity index is 1.87. The minimum Gasteiger partial charge on any atom is -0.392 e. The third kappa shape index (κ3) is 3.34. The van der Waals surface area contributed by atoms with Gasteiger partial charge in [0.1, 0.15) is 0 Å². The van der Waals surface area contributed by atoms with Crippen molar-refractivity contribution < 1.29 is 9.90 Å². The van der Waals surface area contributed by atoms with Crippen molar-refractivity contribution >= 4 is 11.6 Å². The van der Waals surface area contributed by atoms with E-state index in [-0.39, 0.29) is 12.5 Å². The molecule has 0 spiro atoms. The van der Waals surface area contributed by atoms with E-state index in [1.165, 1.54) is 6.20 Å². The van der Waals surface area contributed by atoms with Crippen molar-refractivity contribution in [1.29, 1.82) is 0 Å². The van der Waals surface area contributed by atoms with Crippen LogP contribution in [0.4, 0.5) is 5.69 Å². The predicted octanol–water partition coefficient (Wildman–Crippen LogP) is 3.80. The molecule has 3 aromatic rings. The minimum atomic E-state index is -0.185. The van der Waals surface area contributed by atoms with Crippen molar-refractivity contribution in [2.24, 2.45) is 0 Å². The van der Waals surface area contributed by atoms with E-state index in [0.717, 1.165) is 27.9 Å². The minimum absolute atomic E-state index is 0.00524. The van der Waals surface area contributed by atoms with E-state index >= 15 is 0 Å². The fraction of sp³-hybridized carbons (Fsp3) is 0.100. The number of anilines is 1. The van der Waals surface area contributed by atoms with Crippen LogP contribution in [0.3, 0.4) is 0 Å². The molecule has 2 aromatic carbocycles. The summed E-state index contributed by atoms with van der Waals surface area (Å²) >= 11 is 0. The van der Waals surface area contributed by atoms with Crippen LogP contribution >= 0.6 is 0 Å². The van der Waals surface area contributed by atoms with Crippen molar-refractivity contribution in [2.75, 3.05) is 5.32 Å². The van der Waals surface area contributed by atoms with Gasteiger partial charge in [-0.2, -0.15) is 0 Å². The Morgan fingerprint density at radius 1 is 1.12 bits per heavy atom. The Kier molecular flexibility index (Phi) is 4.68. The smallest absolute Gasteiger partial charge is 0.257 e. The number of rotatable bonds is 4. The number of carbonyl (C=O) groups excluding carboxylic acids is 1. The molecule has 0 aliphatic heterocycles. The van der Waals surface area contributed by atoms with Gasteiger partial charge in [-0.3, -0.25) is 9.78 Å². The van der Waals surface area contributed by atoms with Crippen LogP contribution in [0, 0.1) is 6.92 Å². The van der Waals surface area contributed by atoms with E-state index in [2.05, 4.69) is 10.3 Å². The first-order valence-corrected chi connectivity index (χ1v) is 7.70. The molecule has 120 valence electrons. The van der Waals surface area contributed by atoms with E-state index in [0.29, 0.717) is 5.56 Å². The van der Waals surface area contributed by atoms with Gasteiger partial charge in [0.2, 0.25) is 0 Å². The predicted molar refractivity (Wildman–Crippen MR) is 94.7 cm³/mol. The van der Waals surface area contributed by atoms with Crippen molar-refractivity contribution in [3.63, 3.8) is 0 Å². The van der Waals surface area contributed by atoms with Gasteiger partial charge in [0.15, 0.2) is 0 Å². The Hall–Kier alpha value is -2.98. The average Bonchev–Trinajstić information content (AvgIpc) is 2.64. The summed E-state index contributed by atoms with van der Waals surface area (Å²) in [6, 6.07) is 17.0. The van der Waals surface area contributed by atoms with Crippen LogP contribution in [0.2, 0.25) is 0 Å². The first kappa shape index (κ1) is 15.9. The van der Waals surface area contributed by atoms with Crippen LogP contribution in [-0.4, -0.2) is 16.0 Å². The molecule has 0 bridgehead atoms. The van der Waals surface area contributed by atoms with E-state index < -0.39 is 0 Å². The molecule has 0 radical (unpaired) electrons. The van der Waals surface area contributed by atoms with Gasteiger partial charge < -0.3 is 10.4 Å². The lowest BCUT2D eigenvalue weighted by Crippen LogP contribution is -2.12. The van der Waals surface area contributed by atoms with E-state index in [1.807, 2.05) is 49.4 Å². The molecule has 4 nitrogen and oxygen atoms in total. The monoisotopic (exact) mass is 318 g/mol. The summed E-state index contributed by atoms with van der Waals surface area (Å²) in [5.41, 5.74) is 5.12. The molecular formula is C20H18N2O2. The number of nitrogens with zero attached hydrogens (tertiary/aromatic N) is 1. The molecule has 3 rings (SSSR count).